The van der Waals surface area contributed by atoms with E-state index in [1.807, 2.05) is 4.90 Å². The number of ether oxygens (including phenoxy) is 2. The molecule has 3 aliphatic rings. The van der Waals surface area contributed by atoms with Crippen molar-refractivity contribution >= 4 is 5.91 Å². The van der Waals surface area contributed by atoms with E-state index in [1.54, 1.807) is 30.3 Å². The molecule has 2 unspecified atom stereocenters. The minimum atomic E-state index is -1.30. The van der Waals surface area contributed by atoms with Crippen LogP contribution in [-0.4, -0.2) is 46.2 Å². The Hall–Kier alpha value is -2.67. The smallest absolute Gasteiger partial charge is 0.254 e. The van der Waals surface area contributed by atoms with E-state index in [2.05, 4.69) is 4.98 Å². The van der Waals surface area contributed by atoms with Gasteiger partial charge >= 0.3 is 0 Å². The summed E-state index contributed by atoms with van der Waals surface area (Å²) in [5, 5.41) is 11.2. The van der Waals surface area contributed by atoms with Gasteiger partial charge in [-0.2, -0.15) is 4.39 Å². The van der Waals surface area contributed by atoms with Gasteiger partial charge in [0.2, 0.25) is 5.95 Å². The lowest BCUT2D eigenvalue weighted by atomic mass is 9.80. The lowest BCUT2D eigenvalue weighted by Crippen LogP contribution is -2.52. The van der Waals surface area contributed by atoms with Gasteiger partial charge in [-0.25, -0.2) is 4.98 Å². The summed E-state index contributed by atoms with van der Waals surface area (Å²) in [6, 6.07) is 8.17. The van der Waals surface area contributed by atoms with Gasteiger partial charge in [-0.05, 0) is 37.1 Å². The number of aromatic nitrogens is 1. The van der Waals surface area contributed by atoms with Crippen molar-refractivity contribution in [3.8, 4) is 11.5 Å². The number of piperidine rings is 1. The summed E-state index contributed by atoms with van der Waals surface area (Å²) >= 11 is 0. The number of hydrogen-bond donors (Lipinski definition) is 1. The van der Waals surface area contributed by atoms with Crippen molar-refractivity contribution in [2.24, 2.45) is 0 Å². The molecule has 2 saturated heterocycles. The molecule has 1 aromatic carbocycles. The average Bonchev–Trinajstić information content (AvgIpc) is 2.99. The lowest BCUT2D eigenvalue weighted by Gasteiger charge is -2.44. The molecule has 2 atom stereocenters. The molecule has 1 amide bonds. The van der Waals surface area contributed by atoms with Crippen molar-refractivity contribution in [3.63, 3.8) is 0 Å². The van der Waals surface area contributed by atoms with Crippen LogP contribution in [-0.2, 0) is 5.60 Å². The second-order valence-electron chi connectivity index (χ2n) is 7.74. The Balaban J connectivity index is 1.41. The largest absolute Gasteiger partial charge is 0.486 e. The molecular weight excluding hydrogens is 363 g/mol. The molecule has 4 heterocycles. The Kier molecular flexibility index (Phi) is 4.01. The standard InChI is InChI=1S/C21H21FN2O4/c22-19-16(2-1-7-23-19)21(26)11-14-4-5-15(12-21)24(14)20(25)13-3-6-17-18(10-13)28-9-8-27-17/h1-3,6-7,10,14-15,26H,4-5,8-9,11-12H2. The van der Waals surface area contributed by atoms with Crippen LogP contribution >= 0.6 is 0 Å². The van der Waals surface area contributed by atoms with E-state index in [9.17, 15) is 14.3 Å². The number of hydrogen-bond acceptors (Lipinski definition) is 5. The molecular formula is C21H21FN2O4. The zero-order valence-corrected chi connectivity index (χ0v) is 15.3. The predicted octanol–water partition coefficient (Wildman–Crippen LogP) is 2.65. The van der Waals surface area contributed by atoms with E-state index in [4.69, 9.17) is 9.47 Å². The summed E-state index contributed by atoms with van der Waals surface area (Å²) in [6.45, 7) is 0.962. The van der Waals surface area contributed by atoms with Crippen LogP contribution in [0.2, 0.25) is 0 Å². The van der Waals surface area contributed by atoms with E-state index < -0.39 is 11.5 Å². The van der Waals surface area contributed by atoms with Gasteiger partial charge in [0.25, 0.3) is 5.91 Å². The van der Waals surface area contributed by atoms with Crippen molar-refractivity contribution in [2.45, 2.75) is 43.4 Å². The van der Waals surface area contributed by atoms with Crippen LogP contribution < -0.4 is 9.47 Å². The van der Waals surface area contributed by atoms with E-state index >= 15 is 0 Å². The van der Waals surface area contributed by atoms with Gasteiger partial charge in [0.1, 0.15) is 13.2 Å². The molecule has 0 saturated carbocycles. The van der Waals surface area contributed by atoms with E-state index in [0.717, 1.165) is 12.8 Å². The second-order valence-corrected chi connectivity index (χ2v) is 7.74. The summed E-state index contributed by atoms with van der Waals surface area (Å²) in [5.41, 5.74) is -0.536. The van der Waals surface area contributed by atoms with Gasteiger partial charge in [-0.15, -0.1) is 0 Å². The van der Waals surface area contributed by atoms with Crippen molar-refractivity contribution in [1.29, 1.82) is 0 Å². The van der Waals surface area contributed by atoms with Crippen LogP contribution in [0.5, 0.6) is 11.5 Å². The molecule has 6 nitrogen and oxygen atoms in total. The van der Waals surface area contributed by atoms with Crippen LogP contribution in [0.4, 0.5) is 4.39 Å². The number of nitrogens with zero attached hydrogens (tertiary/aromatic N) is 2. The van der Waals surface area contributed by atoms with E-state index in [-0.39, 0.29) is 23.6 Å². The van der Waals surface area contributed by atoms with Crippen molar-refractivity contribution in [2.75, 3.05) is 13.2 Å². The van der Waals surface area contributed by atoms with Crippen LogP contribution in [0, 0.1) is 5.95 Å². The SMILES string of the molecule is O=C(c1ccc2c(c1)OCCO2)N1C2CCC1CC(O)(c1cccnc1F)C2. The Morgan fingerprint density at radius 3 is 2.57 bits per heavy atom. The molecule has 0 radical (unpaired) electrons. The number of rotatable bonds is 2. The van der Waals surface area contributed by atoms with Gasteiger partial charge in [-0.3, -0.25) is 4.79 Å². The highest BCUT2D eigenvalue weighted by Gasteiger charge is 2.51. The zero-order valence-electron chi connectivity index (χ0n) is 15.3. The molecule has 1 N–H and O–H groups in total. The van der Waals surface area contributed by atoms with Gasteiger partial charge in [0.05, 0.1) is 5.60 Å². The van der Waals surface area contributed by atoms with Gasteiger partial charge in [0, 0.05) is 42.2 Å². The zero-order chi connectivity index (χ0) is 19.3. The summed E-state index contributed by atoms with van der Waals surface area (Å²) in [7, 11) is 0. The van der Waals surface area contributed by atoms with Crippen LogP contribution in [0.25, 0.3) is 0 Å². The fourth-order valence-corrected chi connectivity index (χ4v) is 4.84. The Labute approximate surface area is 161 Å². The second kappa shape index (κ2) is 6.44. The number of carbonyl (C=O) groups excluding carboxylic acids is 1. The molecule has 2 bridgehead atoms. The first-order valence-electron chi connectivity index (χ1n) is 9.61. The maximum absolute atomic E-state index is 14.2. The molecule has 7 heteroatoms. The summed E-state index contributed by atoms with van der Waals surface area (Å²) < 4.78 is 25.3. The molecule has 2 aromatic rings. The molecule has 2 fully saturated rings. The maximum Gasteiger partial charge on any atom is 0.254 e. The third kappa shape index (κ3) is 2.73. The third-order valence-corrected chi connectivity index (χ3v) is 6.05. The van der Waals surface area contributed by atoms with E-state index in [1.165, 1.54) is 6.20 Å². The maximum atomic E-state index is 14.2. The lowest BCUT2D eigenvalue weighted by molar-refractivity contribution is -0.0504. The average molecular weight is 384 g/mol. The molecule has 1 aromatic heterocycles. The fraction of sp³-hybridized carbons (Fsp3) is 0.429. The van der Waals surface area contributed by atoms with Crippen molar-refractivity contribution in [1.82, 2.24) is 9.88 Å². The first-order valence-corrected chi connectivity index (χ1v) is 9.61. The minimum absolute atomic E-state index is 0.0850. The first kappa shape index (κ1) is 17.4. The van der Waals surface area contributed by atoms with Crippen LogP contribution in [0.3, 0.4) is 0 Å². The number of pyridine rings is 1. The van der Waals surface area contributed by atoms with Crippen LogP contribution in [0.15, 0.2) is 36.5 Å². The Morgan fingerprint density at radius 1 is 1.14 bits per heavy atom. The molecule has 3 aliphatic heterocycles. The Morgan fingerprint density at radius 2 is 1.86 bits per heavy atom. The topological polar surface area (TPSA) is 71.9 Å². The summed E-state index contributed by atoms with van der Waals surface area (Å²) in [5.74, 6) is 0.496. The Bertz CT molecular complexity index is 920. The van der Waals surface area contributed by atoms with Gasteiger partial charge < -0.3 is 19.5 Å². The van der Waals surface area contributed by atoms with Crippen molar-refractivity contribution < 1.29 is 23.8 Å². The number of amides is 1. The summed E-state index contributed by atoms with van der Waals surface area (Å²) in [4.78, 5) is 18.8. The molecule has 0 spiro atoms. The number of fused-ring (bicyclic) bond motifs is 3. The fourth-order valence-electron chi connectivity index (χ4n) is 4.84. The molecule has 146 valence electrons. The minimum Gasteiger partial charge on any atom is -0.486 e. The normalized spacial score (nSPS) is 28.3. The number of benzene rings is 1. The van der Waals surface area contributed by atoms with Gasteiger partial charge in [-0.1, -0.05) is 6.07 Å². The predicted molar refractivity (Wildman–Crippen MR) is 97.7 cm³/mol. The highest BCUT2D eigenvalue weighted by Crippen LogP contribution is 2.46. The highest BCUT2D eigenvalue weighted by atomic mass is 19.1. The molecule has 5 rings (SSSR count). The monoisotopic (exact) mass is 384 g/mol. The van der Waals surface area contributed by atoms with Crippen LogP contribution in [0.1, 0.15) is 41.6 Å². The molecule has 0 aliphatic carbocycles. The number of halogens is 1. The summed E-state index contributed by atoms with van der Waals surface area (Å²) in [6.07, 6.45) is 3.58. The number of carbonyl (C=O) groups is 1. The van der Waals surface area contributed by atoms with E-state index in [0.29, 0.717) is 43.1 Å². The number of aliphatic hydroxyl groups is 1. The highest BCUT2D eigenvalue weighted by molar-refractivity contribution is 5.95. The first-order chi connectivity index (χ1) is 13.5. The van der Waals surface area contributed by atoms with Gasteiger partial charge in [0.15, 0.2) is 11.5 Å². The van der Waals surface area contributed by atoms with Crippen molar-refractivity contribution in [3.05, 3.63) is 53.6 Å². The third-order valence-electron chi connectivity index (χ3n) is 6.05. The quantitative estimate of drug-likeness (QED) is 0.806. The molecule has 28 heavy (non-hydrogen) atoms.